The van der Waals surface area contributed by atoms with Gasteiger partial charge in [0, 0.05) is 15.4 Å². The third kappa shape index (κ3) is 3.91. The average Bonchev–Trinajstić information content (AvgIpc) is 2.53. The fourth-order valence-corrected chi connectivity index (χ4v) is 3.51. The minimum absolute atomic E-state index is 0.0279. The molecule has 0 N–H and O–H groups in total. The molecule has 0 aliphatic heterocycles. The molecule has 0 aliphatic rings. The van der Waals surface area contributed by atoms with E-state index in [0.717, 1.165) is 17.7 Å². The second-order valence-electron chi connectivity index (χ2n) is 5.64. The van der Waals surface area contributed by atoms with Gasteiger partial charge in [-0.15, -0.1) is 0 Å². The molecule has 0 fully saturated rings. The van der Waals surface area contributed by atoms with Crippen molar-refractivity contribution in [1.29, 1.82) is 0 Å². The van der Waals surface area contributed by atoms with E-state index >= 15 is 0 Å². The highest BCUT2D eigenvalue weighted by Gasteiger charge is 2.49. The molecule has 0 unspecified atom stereocenters. The number of fused-ring (bicyclic) bond motifs is 1. The van der Waals surface area contributed by atoms with E-state index in [-0.39, 0.29) is 16.6 Å². The molecule has 0 spiro atoms. The topological polar surface area (TPSA) is 56.3 Å². The minimum atomic E-state index is -5.93. The molecule has 0 radical (unpaired) electrons. The summed E-state index contributed by atoms with van der Waals surface area (Å²) in [6.45, 7) is 1.74. The molecule has 1 heterocycles. The van der Waals surface area contributed by atoms with Gasteiger partial charge in [0.2, 0.25) is 5.88 Å². The Morgan fingerprint density at radius 1 is 1.07 bits per heavy atom. The molecule has 10 heteroatoms. The molecule has 2 aromatic carbocycles. The zero-order valence-electron chi connectivity index (χ0n) is 13.5. The first kappa shape index (κ1) is 19.6. The summed E-state index contributed by atoms with van der Waals surface area (Å²) in [6.07, 6.45) is 0. The van der Waals surface area contributed by atoms with E-state index in [2.05, 4.69) is 25.1 Å². The smallest absolute Gasteiger partial charge is 0.355 e. The molecule has 3 aromatic rings. The highest BCUT2D eigenvalue weighted by Crippen LogP contribution is 2.37. The van der Waals surface area contributed by atoms with Crippen LogP contribution in [0.5, 0.6) is 5.88 Å². The largest absolute Gasteiger partial charge is 0.534 e. The van der Waals surface area contributed by atoms with E-state index in [0.29, 0.717) is 9.86 Å². The monoisotopic (exact) mass is 463 g/mol. The number of hydrogen-bond acceptors (Lipinski definition) is 4. The Morgan fingerprint density at radius 2 is 1.70 bits per heavy atom. The Labute approximate surface area is 160 Å². The van der Waals surface area contributed by atoms with E-state index < -0.39 is 27.3 Å². The maximum atomic E-state index is 13.2. The molecule has 27 heavy (non-hydrogen) atoms. The first-order valence-electron chi connectivity index (χ1n) is 7.35. The molecule has 0 bridgehead atoms. The Bertz CT molecular complexity index is 1130. The number of aromatic nitrogens is 1. The van der Waals surface area contributed by atoms with E-state index in [9.17, 15) is 26.0 Å². The summed E-state index contributed by atoms with van der Waals surface area (Å²) in [4.78, 5) is 3.97. The first-order valence-corrected chi connectivity index (χ1v) is 9.56. The summed E-state index contributed by atoms with van der Waals surface area (Å²) in [6, 6.07) is 9.52. The van der Waals surface area contributed by atoms with Crippen LogP contribution in [0.25, 0.3) is 22.0 Å². The molecule has 4 nitrogen and oxygen atoms in total. The normalized spacial score (nSPS) is 12.4. The van der Waals surface area contributed by atoms with Crippen LogP contribution in [-0.4, -0.2) is 18.9 Å². The van der Waals surface area contributed by atoms with E-state index in [4.69, 9.17) is 0 Å². The van der Waals surface area contributed by atoms with Gasteiger partial charge in [-0.1, -0.05) is 28.1 Å². The van der Waals surface area contributed by atoms with Gasteiger partial charge in [-0.2, -0.15) is 21.6 Å². The second kappa shape index (κ2) is 6.75. The highest BCUT2D eigenvalue weighted by molar-refractivity contribution is 9.10. The van der Waals surface area contributed by atoms with Gasteiger partial charge in [-0.25, -0.2) is 9.37 Å². The van der Waals surface area contributed by atoms with Crippen LogP contribution in [0.3, 0.4) is 0 Å². The van der Waals surface area contributed by atoms with Gasteiger partial charge in [-0.3, -0.25) is 0 Å². The molecule has 142 valence electrons. The lowest BCUT2D eigenvalue weighted by Gasteiger charge is -2.14. The lowest BCUT2D eigenvalue weighted by Crippen LogP contribution is -2.28. The highest BCUT2D eigenvalue weighted by atomic mass is 79.9. The Kier molecular flexibility index (Phi) is 4.89. The average molecular weight is 464 g/mol. The summed E-state index contributed by atoms with van der Waals surface area (Å²) in [5, 5.41) is 0.525. The third-order valence-electron chi connectivity index (χ3n) is 3.62. The molecule has 0 saturated carbocycles. The Balaban J connectivity index is 2.28. The van der Waals surface area contributed by atoms with Gasteiger partial charge in [0.25, 0.3) is 0 Å². The van der Waals surface area contributed by atoms with Gasteiger partial charge in [-0.05, 0) is 48.4 Å². The summed E-state index contributed by atoms with van der Waals surface area (Å²) in [7, 11) is -5.93. The molecule has 0 atom stereocenters. The van der Waals surface area contributed by atoms with Crippen molar-refractivity contribution in [2.45, 2.75) is 12.4 Å². The van der Waals surface area contributed by atoms with E-state index in [1.54, 1.807) is 19.1 Å². The second-order valence-corrected chi connectivity index (χ2v) is 8.04. The Morgan fingerprint density at radius 3 is 2.30 bits per heavy atom. The standard InChI is InChI=1S/C17H10BrF4NO3S/c1-9-6-14(18)13-8-12(10-2-4-11(19)5-3-10)16(23-15(13)7-9)26-27(24,25)17(20,21)22/h2-8H,1H3. The number of hydrogen-bond donors (Lipinski definition) is 0. The molecule has 1 aromatic heterocycles. The van der Waals surface area contributed by atoms with E-state index in [1.165, 1.54) is 18.2 Å². The molecule has 0 amide bonds. The maximum Gasteiger partial charge on any atom is 0.534 e. The van der Waals surface area contributed by atoms with Crippen molar-refractivity contribution < 1.29 is 30.2 Å². The molecule has 3 rings (SSSR count). The fraction of sp³-hybridized carbons (Fsp3) is 0.118. The van der Waals surface area contributed by atoms with Gasteiger partial charge >= 0.3 is 15.6 Å². The Hall–Kier alpha value is -2.20. The van der Waals surface area contributed by atoms with Gasteiger partial charge < -0.3 is 4.18 Å². The molecule has 0 saturated heterocycles. The van der Waals surface area contributed by atoms with Crippen LogP contribution in [0, 0.1) is 12.7 Å². The molecular weight excluding hydrogens is 454 g/mol. The zero-order chi connectivity index (χ0) is 20.0. The van der Waals surface area contributed by atoms with Crippen molar-refractivity contribution in [3.63, 3.8) is 0 Å². The predicted molar refractivity (Wildman–Crippen MR) is 95.2 cm³/mol. The van der Waals surface area contributed by atoms with E-state index in [1.807, 2.05) is 0 Å². The van der Waals surface area contributed by atoms with Gasteiger partial charge in [0.1, 0.15) is 5.82 Å². The van der Waals surface area contributed by atoms with Crippen LogP contribution in [-0.2, 0) is 10.1 Å². The maximum absolute atomic E-state index is 13.2. The minimum Gasteiger partial charge on any atom is -0.355 e. The number of nitrogens with zero attached hydrogens (tertiary/aromatic N) is 1. The van der Waals surface area contributed by atoms with Crippen LogP contribution in [0.4, 0.5) is 17.6 Å². The number of halogens is 5. The van der Waals surface area contributed by atoms with Crippen LogP contribution in [0.2, 0.25) is 0 Å². The third-order valence-corrected chi connectivity index (χ3v) is 5.22. The SMILES string of the molecule is Cc1cc(Br)c2cc(-c3ccc(F)cc3)c(OS(=O)(=O)C(F)(F)F)nc2c1. The van der Waals surface area contributed by atoms with Gasteiger partial charge in [0.05, 0.1) is 5.52 Å². The first-order chi connectivity index (χ1) is 12.5. The zero-order valence-corrected chi connectivity index (χ0v) is 15.9. The van der Waals surface area contributed by atoms with Crippen molar-refractivity contribution in [3.05, 3.63) is 58.3 Å². The van der Waals surface area contributed by atoms with Crippen LogP contribution < -0.4 is 4.18 Å². The number of benzene rings is 2. The van der Waals surface area contributed by atoms with Gasteiger partial charge in [0.15, 0.2) is 0 Å². The quantitative estimate of drug-likeness (QED) is 0.298. The molecular formula is C17H10BrF4NO3S. The predicted octanol–water partition coefficient (Wildman–Crippen LogP) is 5.34. The summed E-state index contributed by atoms with van der Waals surface area (Å²) >= 11 is 3.34. The van der Waals surface area contributed by atoms with Crippen molar-refractivity contribution in [1.82, 2.24) is 4.98 Å². The van der Waals surface area contributed by atoms with Crippen molar-refractivity contribution >= 4 is 37.0 Å². The lowest BCUT2D eigenvalue weighted by atomic mass is 10.0. The lowest BCUT2D eigenvalue weighted by molar-refractivity contribution is -0.0501. The summed E-state index contributed by atoms with van der Waals surface area (Å²) < 4.78 is 79.3. The summed E-state index contributed by atoms with van der Waals surface area (Å²) in [5.41, 5.74) is -4.41. The summed E-state index contributed by atoms with van der Waals surface area (Å²) in [5.74, 6) is -1.31. The number of aryl methyl sites for hydroxylation is 1. The van der Waals surface area contributed by atoms with Crippen LogP contribution in [0.15, 0.2) is 46.9 Å². The van der Waals surface area contributed by atoms with Crippen LogP contribution in [0.1, 0.15) is 5.56 Å². The van der Waals surface area contributed by atoms with Crippen molar-refractivity contribution in [2.75, 3.05) is 0 Å². The fourth-order valence-electron chi connectivity index (χ4n) is 2.40. The number of pyridine rings is 1. The molecule has 0 aliphatic carbocycles. The number of rotatable bonds is 3. The van der Waals surface area contributed by atoms with Crippen molar-refractivity contribution in [2.24, 2.45) is 0 Å². The van der Waals surface area contributed by atoms with Crippen LogP contribution >= 0.6 is 15.9 Å². The number of alkyl halides is 3. The van der Waals surface area contributed by atoms with Crippen molar-refractivity contribution in [3.8, 4) is 17.0 Å².